The topological polar surface area (TPSA) is 47.6 Å². The summed E-state index contributed by atoms with van der Waals surface area (Å²) in [5, 5.41) is 3.49. The molecule has 0 aromatic heterocycles. The van der Waals surface area contributed by atoms with Crippen LogP contribution in [0.2, 0.25) is 5.02 Å². The summed E-state index contributed by atoms with van der Waals surface area (Å²) in [6, 6.07) is 13.1. The summed E-state index contributed by atoms with van der Waals surface area (Å²) in [6.07, 6.45) is 1.07. The molecule has 1 N–H and O–H groups in total. The van der Waals surface area contributed by atoms with E-state index in [1.807, 2.05) is 42.5 Å². The number of carbonyl (C=O) groups excluding carboxylic acids is 1. The van der Waals surface area contributed by atoms with Gasteiger partial charge in [0.1, 0.15) is 11.5 Å². The smallest absolute Gasteiger partial charge is 0.224 e. The Morgan fingerprint density at radius 3 is 2.35 bits per heavy atom. The lowest BCUT2D eigenvalue weighted by Crippen LogP contribution is -2.27. The maximum Gasteiger partial charge on any atom is 0.224 e. The van der Waals surface area contributed by atoms with Crippen LogP contribution in [0.25, 0.3) is 0 Å². The first-order chi connectivity index (χ1) is 11.1. The van der Waals surface area contributed by atoms with Crippen molar-refractivity contribution in [1.82, 2.24) is 5.32 Å². The van der Waals surface area contributed by atoms with Gasteiger partial charge in [0.05, 0.1) is 25.7 Å². The fourth-order valence-corrected chi connectivity index (χ4v) is 2.48. The van der Waals surface area contributed by atoms with Crippen LogP contribution in [0.4, 0.5) is 0 Å². The first kappa shape index (κ1) is 17.2. The van der Waals surface area contributed by atoms with Crippen LogP contribution in [0.1, 0.15) is 11.1 Å². The molecular formula is C18H20ClNO3. The third-order valence-corrected chi connectivity index (χ3v) is 3.77. The van der Waals surface area contributed by atoms with E-state index in [-0.39, 0.29) is 5.91 Å². The van der Waals surface area contributed by atoms with Gasteiger partial charge in [-0.2, -0.15) is 0 Å². The zero-order valence-corrected chi connectivity index (χ0v) is 14.0. The van der Waals surface area contributed by atoms with Crippen molar-refractivity contribution in [2.45, 2.75) is 12.8 Å². The van der Waals surface area contributed by atoms with E-state index < -0.39 is 0 Å². The molecule has 0 unspecified atom stereocenters. The van der Waals surface area contributed by atoms with E-state index in [1.165, 1.54) is 0 Å². The van der Waals surface area contributed by atoms with Gasteiger partial charge in [0.25, 0.3) is 0 Å². The highest BCUT2D eigenvalue weighted by Crippen LogP contribution is 2.24. The van der Waals surface area contributed by atoms with Crippen LogP contribution in [0, 0.1) is 0 Å². The monoisotopic (exact) mass is 333 g/mol. The van der Waals surface area contributed by atoms with Crippen molar-refractivity contribution in [2.24, 2.45) is 0 Å². The Morgan fingerprint density at radius 2 is 1.74 bits per heavy atom. The first-order valence-corrected chi connectivity index (χ1v) is 7.72. The Kier molecular flexibility index (Phi) is 6.29. The number of amides is 1. The molecule has 2 aromatic rings. The molecule has 23 heavy (non-hydrogen) atoms. The third-order valence-electron chi connectivity index (χ3n) is 3.48. The number of ether oxygens (including phenoxy) is 2. The lowest BCUT2D eigenvalue weighted by atomic mass is 10.1. The van der Waals surface area contributed by atoms with Gasteiger partial charge >= 0.3 is 0 Å². The predicted molar refractivity (Wildman–Crippen MR) is 91.4 cm³/mol. The standard InChI is InChI=1S/C18H20ClNO3/c1-22-15-6-3-13(4-7-15)12-18(21)20-10-9-14-5-8-17(23-2)16(19)11-14/h3-8,11H,9-10,12H2,1-2H3,(H,20,21). The Labute approximate surface area is 141 Å². The Morgan fingerprint density at radius 1 is 1.04 bits per heavy atom. The predicted octanol–water partition coefficient (Wildman–Crippen LogP) is 3.26. The number of methoxy groups -OCH3 is 2. The molecule has 0 saturated carbocycles. The average molecular weight is 334 g/mol. The average Bonchev–Trinajstić information content (AvgIpc) is 2.56. The second-order valence-corrected chi connectivity index (χ2v) is 5.50. The van der Waals surface area contributed by atoms with E-state index in [0.29, 0.717) is 23.7 Å². The summed E-state index contributed by atoms with van der Waals surface area (Å²) in [7, 11) is 3.20. The lowest BCUT2D eigenvalue weighted by Gasteiger charge is -2.08. The number of rotatable bonds is 7. The number of halogens is 1. The molecule has 0 heterocycles. The van der Waals surface area contributed by atoms with Gasteiger partial charge in [0.2, 0.25) is 5.91 Å². The van der Waals surface area contributed by atoms with Crippen LogP contribution < -0.4 is 14.8 Å². The molecule has 0 aliphatic heterocycles. The van der Waals surface area contributed by atoms with Crippen LogP contribution >= 0.6 is 11.6 Å². The molecule has 5 heteroatoms. The summed E-state index contributed by atoms with van der Waals surface area (Å²) < 4.78 is 10.2. The minimum Gasteiger partial charge on any atom is -0.497 e. The summed E-state index contributed by atoms with van der Waals surface area (Å²) in [4.78, 5) is 11.9. The summed E-state index contributed by atoms with van der Waals surface area (Å²) in [5.74, 6) is 1.43. The first-order valence-electron chi connectivity index (χ1n) is 7.34. The van der Waals surface area contributed by atoms with Gasteiger partial charge < -0.3 is 14.8 Å². The van der Waals surface area contributed by atoms with E-state index in [9.17, 15) is 4.79 Å². The van der Waals surface area contributed by atoms with E-state index in [0.717, 1.165) is 23.3 Å². The van der Waals surface area contributed by atoms with Crippen LogP contribution in [0.15, 0.2) is 42.5 Å². The molecule has 0 aliphatic carbocycles. The third kappa shape index (κ3) is 5.18. The number of carbonyl (C=O) groups is 1. The zero-order valence-electron chi connectivity index (χ0n) is 13.3. The minimum absolute atomic E-state index is 0.00484. The normalized spacial score (nSPS) is 10.2. The van der Waals surface area contributed by atoms with Gasteiger partial charge in [-0.05, 0) is 41.8 Å². The summed E-state index contributed by atoms with van der Waals surface area (Å²) in [6.45, 7) is 0.567. The van der Waals surface area contributed by atoms with Crippen LogP contribution in [0.3, 0.4) is 0 Å². The van der Waals surface area contributed by atoms with Crippen molar-refractivity contribution in [3.05, 3.63) is 58.6 Å². The SMILES string of the molecule is COc1ccc(CC(=O)NCCc2ccc(OC)c(Cl)c2)cc1. The molecule has 2 rings (SSSR count). The van der Waals surface area contributed by atoms with Gasteiger partial charge in [-0.15, -0.1) is 0 Å². The highest BCUT2D eigenvalue weighted by atomic mass is 35.5. The van der Waals surface area contributed by atoms with Gasteiger partial charge in [-0.1, -0.05) is 29.8 Å². The molecule has 0 saturated heterocycles. The Hall–Kier alpha value is -2.20. The van der Waals surface area contributed by atoms with E-state index in [4.69, 9.17) is 21.1 Å². The molecule has 0 radical (unpaired) electrons. The molecule has 2 aromatic carbocycles. The van der Waals surface area contributed by atoms with Crippen molar-refractivity contribution in [2.75, 3.05) is 20.8 Å². The number of hydrogen-bond acceptors (Lipinski definition) is 3. The molecule has 122 valence electrons. The van der Waals surface area contributed by atoms with Crippen molar-refractivity contribution in [3.63, 3.8) is 0 Å². The maximum absolute atomic E-state index is 11.9. The zero-order chi connectivity index (χ0) is 16.7. The van der Waals surface area contributed by atoms with Crippen LogP contribution in [-0.4, -0.2) is 26.7 Å². The van der Waals surface area contributed by atoms with Gasteiger partial charge in [0.15, 0.2) is 0 Å². The number of nitrogens with one attached hydrogen (secondary N) is 1. The maximum atomic E-state index is 11.9. The Balaban J connectivity index is 1.79. The van der Waals surface area contributed by atoms with Crippen molar-refractivity contribution < 1.29 is 14.3 Å². The molecule has 4 nitrogen and oxygen atoms in total. The lowest BCUT2D eigenvalue weighted by molar-refractivity contribution is -0.120. The van der Waals surface area contributed by atoms with Crippen LogP contribution in [0.5, 0.6) is 11.5 Å². The molecule has 0 bridgehead atoms. The second-order valence-electron chi connectivity index (χ2n) is 5.09. The summed E-state index contributed by atoms with van der Waals surface area (Å²) >= 11 is 6.08. The van der Waals surface area contributed by atoms with E-state index in [1.54, 1.807) is 14.2 Å². The van der Waals surface area contributed by atoms with Crippen molar-refractivity contribution >= 4 is 17.5 Å². The molecule has 0 spiro atoms. The fourth-order valence-electron chi connectivity index (χ4n) is 2.20. The molecule has 0 aliphatic rings. The molecular weight excluding hydrogens is 314 g/mol. The molecule has 1 amide bonds. The molecule has 0 atom stereocenters. The second kappa shape index (κ2) is 8.44. The Bertz CT molecular complexity index is 656. The largest absolute Gasteiger partial charge is 0.497 e. The van der Waals surface area contributed by atoms with Gasteiger partial charge in [-0.25, -0.2) is 0 Å². The van der Waals surface area contributed by atoms with Crippen molar-refractivity contribution in [3.8, 4) is 11.5 Å². The van der Waals surface area contributed by atoms with Gasteiger partial charge in [0, 0.05) is 6.54 Å². The highest BCUT2D eigenvalue weighted by Gasteiger charge is 2.05. The van der Waals surface area contributed by atoms with E-state index >= 15 is 0 Å². The van der Waals surface area contributed by atoms with E-state index in [2.05, 4.69) is 5.32 Å². The number of benzene rings is 2. The molecule has 0 fully saturated rings. The van der Waals surface area contributed by atoms with Gasteiger partial charge in [-0.3, -0.25) is 4.79 Å². The van der Waals surface area contributed by atoms with Crippen molar-refractivity contribution in [1.29, 1.82) is 0 Å². The minimum atomic E-state index is -0.00484. The number of hydrogen-bond donors (Lipinski definition) is 1. The quantitative estimate of drug-likeness (QED) is 0.846. The van der Waals surface area contributed by atoms with Crippen LogP contribution in [-0.2, 0) is 17.6 Å². The summed E-state index contributed by atoms with van der Waals surface area (Å²) in [5.41, 5.74) is 2.01. The highest BCUT2D eigenvalue weighted by molar-refractivity contribution is 6.32. The fraction of sp³-hybridized carbons (Fsp3) is 0.278.